The second-order valence-electron chi connectivity index (χ2n) is 16.8. The highest BCUT2D eigenvalue weighted by atomic mass is 16.3. The molecule has 0 aliphatic heterocycles. The van der Waals surface area contributed by atoms with Crippen molar-refractivity contribution in [2.45, 2.75) is 0 Å². The topological polar surface area (TPSA) is 61.7 Å². The van der Waals surface area contributed by atoms with Crippen LogP contribution in [0.1, 0.15) is 0 Å². The quantitative estimate of drug-likeness (QED) is 0.173. The van der Waals surface area contributed by atoms with E-state index < -0.39 is 0 Å². The predicted molar refractivity (Wildman–Crippen MR) is 267 cm³/mol. The lowest BCUT2D eigenvalue weighted by Crippen LogP contribution is -2.04. The summed E-state index contributed by atoms with van der Waals surface area (Å²) < 4.78 is 11.7. The zero-order chi connectivity index (χ0) is 42.6. The van der Waals surface area contributed by atoms with Gasteiger partial charge in [-0.3, -0.25) is 0 Å². The van der Waals surface area contributed by atoms with Gasteiger partial charge in [-0.1, -0.05) is 152 Å². The normalized spacial score (nSPS) is 12.0. The van der Waals surface area contributed by atoms with Gasteiger partial charge in [-0.15, -0.1) is 0 Å². The molecule has 6 heteroatoms. The summed E-state index contributed by atoms with van der Waals surface area (Å²) in [6.45, 7) is 0. The molecule has 0 aliphatic rings. The molecule has 4 heterocycles. The number of aromatic nitrogens is 5. The molecular formula is C59H35N5O. The maximum absolute atomic E-state index is 6.98. The van der Waals surface area contributed by atoms with Crippen molar-refractivity contribution in [3.8, 4) is 45.5 Å². The highest BCUT2D eigenvalue weighted by Gasteiger charge is 2.25. The molecule has 10 aromatic carbocycles. The summed E-state index contributed by atoms with van der Waals surface area (Å²) in [4.78, 5) is 16.3. The summed E-state index contributed by atoms with van der Waals surface area (Å²) >= 11 is 0. The van der Waals surface area contributed by atoms with Crippen molar-refractivity contribution < 1.29 is 4.42 Å². The van der Waals surface area contributed by atoms with Gasteiger partial charge in [0.05, 0.1) is 22.1 Å². The van der Waals surface area contributed by atoms with Gasteiger partial charge >= 0.3 is 0 Å². The smallest absolute Gasteiger partial charge is 0.166 e. The van der Waals surface area contributed by atoms with E-state index in [1.54, 1.807) is 0 Å². The Morgan fingerprint density at radius 2 is 0.892 bits per heavy atom. The average Bonchev–Trinajstić information content (AvgIpc) is 4.02. The van der Waals surface area contributed by atoms with Crippen molar-refractivity contribution in [2.75, 3.05) is 0 Å². The molecule has 4 aromatic heterocycles. The summed E-state index contributed by atoms with van der Waals surface area (Å²) in [6, 6.07) is 74.9. The van der Waals surface area contributed by atoms with E-state index >= 15 is 0 Å². The van der Waals surface area contributed by atoms with Crippen molar-refractivity contribution in [1.29, 1.82) is 0 Å². The van der Waals surface area contributed by atoms with Crippen LogP contribution in [0.4, 0.5) is 0 Å². The number of fused-ring (bicyclic) bond motifs is 11. The fourth-order valence-electron chi connectivity index (χ4n) is 10.2. The highest BCUT2D eigenvalue weighted by molar-refractivity contribution is 6.17. The van der Waals surface area contributed by atoms with Crippen LogP contribution in [0.25, 0.3) is 133 Å². The molecule has 0 unspecified atom stereocenters. The summed E-state index contributed by atoms with van der Waals surface area (Å²) in [5, 5.41) is 11.3. The van der Waals surface area contributed by atoms with Gasteiger partial charge in [0.25, 0.3) is 0 Å². The molecule has 0 bridgehead atoms. The van der Waals surface area contributed by atoms with E-state index in [-0.39, 0.29) is 0 Å². The Kier molecular flexibility index (Phi) is 7.59. The SMILES string of the molecule is c1ccc(-n2c3ccccc3c3ccc(-c4nc(-c5ccc6c(oc7ccccc76)c5-n5c6ccccc6c6cc7ccccc7cc65)nc(-c5cccc6ccccc56)n4)cc32)cc1. The van der Waals surface area contributed by atoms with Crippen LogP contribution in [0.15, 0.2) is 217 Å². The molecule has 0 amide bonds. The van der Waals surface area contributed by atoms with Gasteiger partial charge < -0.3 is 13.6 Å². The van der Waals surface area contributed by atoms with Crippen LogP contribution in [0.5, 0.6) is 0 Å². The molecule has 0 radical (unpaired) electrons. The minimum Gasteiger partial charge on any atom is -0.454 e. The second-order valence-corrected chi connectivity index (χ2v) is 16.8. The van der Waals surface area contributed by atoms with Gasteiger partial charge in [-0.2, -0.15) is 0 Å². The van der Waals surface area contributed by atoms with Crippen LogP contribution in [0, 0.1) is 0 Å². The Labute approximate surface area is 371 Å². The first-order valence-corrected chi connectivity index (χ1v) is 21.9. The number of rotatable bonds is 5. The first kappa shape index (κ1) is 35.7. The van der Waals surface area contributed by atoms with Crippen molar-refractivity contribution in [3.05, 3.63) is 212 Å². The van der Waals surface area contributed by atoms with Crippen molar-refractivity contribution >= 4 is 87.1 Å². The molecule has 0 saturated heterocycles. The van der Waals surface area contributed by atoms with Gasteiger partial charge in [0.2, 0.25) is 0 Å². The van der Waals surface area contributed by atoms with Gasteiger partial charge in [0, 0.05) is 54.7 Å². The van der Waals surface area contributed by atoms with Crippen LogP contribution < -0.4 is 0 Å². The molecule has 0 saturated carbocycles. The monoisotopic (exact) mass is 829 g/mol. The van der Waals surface area contributed by atoms with E-state index in [0.29, 0.717) is 17.5 Å². The zero-order valence-corrected chi connectivity index (χ0v) is 34.9. The molecule has 6 nitrogen and oxygen atoms in total. The number of hydrogen-bond donors (Lipinski definition) is 0. The Balaban J connectivity index is 1.10. The minimum absolute atomic E-state index is 0.547. The van der Waals surface area contributed by atoms with E-state index in [9.17, 15) is 0 Å². The summed E-state index contributed by atoms with van der Waals surface area (Å²) in [6.07, 6.45) is 0. The third-order valence-corrected chi connectivity index (χ3v) is 13.1. The Morgan fingerprint density at radius 1 is 0.323 bits per heavy atom. The maximum Gasteiger partial charge on any atom is 0.166 e. The van der Waals surface area contributed by atoms with Crippen LogP contribution in [-0.2, 0) is 0 Å². The molecule has 0 spiro atoms. The molecule has 14 aromatic rings. The Bertz CT molecular complexity index is 4250. The Hall–Kier alpha value is -8.87. The predicted octanol–water partition coefficient (Wildman–Crippen LogP) is 15.3. The molecule has 65 heavy (non-hydrogen) atoms. The van der Waals surface area contributed by atoms with Crippen LogP contribution in [-0.4, -0.2) is 24.1 Å². The third kappa shape index (κ3) is 5.38. The second kappa shape index (κ2) is 13.8. The van der Waals surface area contributed by atoms with Crippen molar-refractivity contribution in [2.24, 2.45) is 0 Å². The molecular weight excluding hydrogens is 795 g/mol. The van der Waals surface area contributed by atoms with Crippen LogP contribution in [0.3, 0.4) is 0 Å². The van der Waals surface area contributed by atoms with Gasteiger partial charge in [0.1, 0.15) is 11.3 Å². The van der Waals surface area contributed by atoms with Crippen molar-refractivity contribution in [1.82, 2.24) is 24.1 Å². The number of furan rings is 1. The lowest BCUT2D eigenvalue weighted by atomic mass is 10.0. The fraction of sp³-hybridized carbons (Fsp3) is 0. The Morgan fingerprint density at radius 3 is 1.71 bits per heavy atom. The number of benzene rings is 10. The van der Waals surface area contributed by atoms with Crippen molar-refractivity contribution in [3.63, 3.8) is 0 Å². The van der Waals surface area contributed by atoms with Gasteiger partial charge in [0.15, 0.2) is 23.1 Å². The molecule has 0 atom stereocenters. The summed E-state index contributed by atoms with van der Waals surface area (Å²) in [5.74, 6) is 1.72. The molecule has 302 valence electrons. The third-order valence-electron chi connectivity index (χ3n) is 13.1. The first-order chi connectivity index (χ1) is 32.2. The average molecular weight is 830 g/mol. The first-order valence-electron chi connectivity index (χ1n) is 21.9. The van der Waals surface area contributed by atoms with E-state index in [4.69, 9.17) is 19.4 Å². The minimum atomic E-state index is 0.547. The molecule has 0 fully saturated rings. The van der Waals surface area contributed by atoms with E-state index in [1.165, 1.54) is 10.8 Å². The van der Waals surface area contributed by atoms with Gasteiger partial charge in [-0.25, -0.2) is 15.0 Å². The van der Waals surface area contributed by atoms with Crippen LogP contribution in [0.2, 0.25) is 0 Å². The maximum atomic E-state index is 6.98. The standard InChI is InChI=1S/C59H35N5O/c1-2-19-40(20-3-1)63-50-26-11-8-22-42(50)44-30-29-39(35-52(44)63)57-60-58(47-25-14-18-36-15-6-7-21-41(36)47)62-59(61-57)48-32-31-46-45-24-10-13-28-54(45)65-56(46)55(48)64-51-27-12-9-23-43(51)49-33-37-16-4-5-17-38(37)34-53(49)64/h1-35H. The zero-order valence-electron chi connectivity index (χ0n) is 34.9. The van der Waals surface area contributed by atoms with E-state index in [1.807, 2.05) is 12.1 Å². The van der Waals surface area contributed by atoms with Crippen LogP contribution >= 0.6 is 0 Å². The van der Waals surface area contributed by atoms with Gasteiger partial charge in [-0.05, 0) is 82.2 Å². The number of hydrogen-bond acceptors (Lipinski definition) is 4. The van der Waals surface area contributed by atoms with E-state index in [2.05, 4.69) is 209 Å². The molecule has 0 aliphatic carbocycles. The lowest BCUT2D eigenvalue weighted by Gasteiger charge is -2.16. The number of nitrogens with zero attached hydrogens (tertiary/aromatic N) is 5. The fourth-order valence-corrected chi connectivity index (χ4v) is 10.2. The molecule has 14 rings (SSSR count). The highest BCUT2D eigenvalue weighted by Crippen LogP contribution is 2.44. The largest absolute Gasteiger partial charge is 0.454 e. The lowest BCUT2D eigenvalue weighted by molar-refractivity contribution is 0.666. The summed E-state index contributed by atoms with van der Waals surface area (Å²) in [5.41, 5.74) is 10.6. The number of para-hydroxylation sites is 4. The van der Waals surface area contributed by atoms with E-state index in [0.717, 1.165) is 104 Å². The molecule has 0 N–H and O–H groups in total. The summed E-state index contributed by atoms with van der Waals surface area (Å²) in [7, 11) is 0.